The third kappa shape index (κ3) is 4.02. The maximum absolute atomic E-state index is 15.4. The summed E-state index contributed by atoms with van der Waals surface area (Å²) in [6, 6.07) is 7.89. The Kier molecular flexibility index (Phi) is 6.29. The molecule has 1 aromatic carbocycles. The second-order valence-electron chi connectivity index (χ2n) is 10.3. The summed E-state index contributed by atoms with van der Waals surface area (Å²) < 4.78 is 16.8. The molecule has 1 fully saturated rings. The number of hydrogen-bond donors (Lipinski definition) is 1. The highest BCUT2D eigenvalue weighted by Gasteiger charge is 2.29. The number of piperazine rings is 1. The molecule has 5 aromatic rings. The van der Waals surface area contributed by atoms with Crippen LogP contribution in [0.4, 0.5) is 10.2 Å². The highest BCUT2D eigenvalue weighted by molar-refractivity contribution is 6.36. The van der Waals surface area contributed by atoms with Crippen molar-refractivity contribution in [1.82, 2.24) is 29.2 Å². The van der Waals surface area contributed by atoms with E-state index >= 15 is 4.39 Å². The lowest BCUT2D eigenvalue weighted by Crippen LogP contribution is -2.54. The third-order valence-corrected chi connectivity index (χ3v) is 7.71. The topological polar surface area (TPSA) is 99.5 Å². The highest BCUT2D eigenvalue weighted by atomic mass is 35.5. The van der Waals surface area contributed by atoms with Gasteiger partial charge in [0.15, 0.2) is 5.65 Å². The summed E-state index contributed by atoms with van der Waals surface area (Å²) in [6.45, 7) is 10.9. The van der Waals surface area contributed by atoms with E-state index in [2.05, 4.69) is 16.5 Å². The van der Waals surface area contributed by atoms with Crippen LogP contribution in [0.5, 0.6) is 0 Å². The van der Waals surface area contributed by atoms with Gasteiger partial charge in [-0.15, -0.1) is 0 Å². The Morgan fingerprint density at radius 2 is 2.02 bits per heavy atom. The van der Waals surface area contributed by atoms with Gasteiger partial charge in [-0.3, -0.25) is 14.8 Å². The Labute approximate surface area is 233 Å². The van der Waals surface area contributed by atoms with Crippen molar-refractivity contribution >= 4 is 61.8 Å². The van der Waals surface area contributed by atoms with Gasteiger partial charge in [-0.05, 0) is 43.2 Å². The number of anilines is 1. The van der Waals surface area contributed by atoms with E-state index in [-0.39, 0.29) is 33.8 Å². The summed E-state index contributed by atoms with van der Waals surface area (Å²) in [5.74, 6) is -0.192. The van der Waals surface area contributed by atoms with Gasteiger partial charge in [0.25, 0.3) is 0 Å². The fraction of sp³-hybridized carbons (Fsp3) is 0.276. The molecule has 1 atom stereocenters. The number of rotatable bonds is 3. The molecular formula is C29H27ClFN7O2. The number of aromatic nitrogens is 5. The van der Waals surface area contributed by atoms with E-state index in [9.17, 15) is 9.59 Å². The first-order chi connectivity index (χ1) is 19.2. The number of H-pyrrole nitrogens is 1. The largest absolute Gasteiger partial charge is 0.354 e. The minimum atomic E-state index is -0.523. The number of amides is 1. The number of carbonyl (C=O) groups is 1. The van der Waals surface area contributed by atoms with Crippen molar-refractivity contribution in [2.24, 2.45) is 0 Å². The second-order valence-corrected chi connectivity index (χ2v) is 10.7. The van der Waals surface area contributed by atoms with Gasteiger partial charge in [-0.1, -0.05) is 38.1 Å². The zero-order valence-electron chi connectivity index (χ0n) is 22.3. The molecule has 1 amide bonds. The highest BCUT2D eigenvalue weighted by Crippen LogP contribution is 2.34. The van der Waals surface area contributed by atoms with Crippen LogP contribution < -0.4 is 10.6 Å². The van der Waals surface area contributed by atoms with Gasteiger partial charge < -0.3 is 9.80 Å². The normalized spacial score (nSPS) is 16.0. The number of aromatic amines is 1. The fourth-order valence-electron chi connectivity index (χ4n) is 5.55. The molecule has 4 aromatic heterocycles. The quantitative estimate of drug-likeness (QED) is 0.313. The van der Waals surface area contributed by atoms with Crippen LogP contribution in [0.3, 0.4) is 0 Å². The van der Waals surface area contributed by atoms with Gasteiger partial charge in [-0.25, -0.2) is 23.6 Å². The third-order valence-electron chi connectivity index (χ3n) is 7.42. The van der Waals surface area contributed by atoms with Gasteiger partial charge >= 0.3 is 5.69 Å². The standard InChI is InChI=1S/C29H27ClFN7O2/c1-5-22(39)37-12-11-36(14-16(37)4)27-17-13-18(30)25-23-19(31)7-6-8-20(23)33-21-9-10-32-24(15(2)3)26(21)38(28(17)34-25)29(40)35-27/h5-10,13,15-16H,1,11-12,14H2,2-4H3,(H,35,40)/t16-/m1/s1. The van der Waals surface area contributed by atoms with Crippen molar-refractivity contribution in [3.8, 4) is 0 Å². The molecule has 204 valence electrons. The summed E-state index contributed by atoms with van der Waals surface area (Å²) in [7, 11) is 0. The maximum atomic E-state index is 15.4. The molecule has 2 bridgehead atoms. The number of nitrogens with one attached hydrogen (secondary N) is 1. The molecule has 11 heteroatoms. The molecule has 6 rings (SSSR count). The van der Waals surface area contributed by atoms with Crippen molar-refractivity contribution in [3.63, 3.8) is 0 Å². The van der Waals surface area contributed by atoms with Crippen molar-refractivity contribution < 1.29 is 9.18 Å². The van der Waals surface area contributed by atoms with E-state index in [1.165, 1.54) is 16.5 Å². The molecule has 9 nitrogen and oxygen atoms in total. The molecular weight excluding hydrogens is 533 g/mol. The Bertz CT molecular complexity index is 1950. The summed E-state index contributed by atoms with van der Waals surface area (Å²) in [4.78, 5) is 47.3. The number of hydrogen-bond acceptors (Lipinski definition) is 6. The fourth-order valence-corrected chi connectivity index (χ4v) is 5.80. The average Bonchev–Trinajstić information content (AvgIpc) is 2.98. The van der Waals surface area contributed by atoms with E-state index < -0.39 is 11.5 Å². The number of fused-ring (bicyclic) bond motifs is 5. The van der Waals surface area contributed by atoms with Crippen LogP contribution in [-0.4, -0.2) is 60.8 Å². The van der Waals surface area contributed by atoms with Crippen LogP contribution in [0, 0.1) is 5.82 Å². The molecule has 0 saturated carbocycles. The van der Waals surface area contributed by atoms with Crippen LogP contribution in [0.25, 0.3) is 38.5 Å². The Balaban J connectivity index is 1.77. The van der Waals surface area contributed by atoms with Gasteiger partial charge in [0.1, 0.15) is 11.6 Å². The number of nitrogens with zero attached hydrogens (tertiary/aromatic N) is 6. The summed E-state index contributed by atoms with van der Waals surface area (Å²) >= 11 is 6.80. The summed E-state index contributed by atoms with van der Waals surface area (Å²) in [6.07, 6.45) is 2.94. The second kappa shape index (κ2) is 9.71. The van der Waals surface area contributed by atoms with E-state index in [1.54, 1.807) is 35.4 Å². The molecule has 0 unspecified atom stereocenters. The Morgan fingerprint density at radius 1 is 1.23 bits per heavy atom. The van der Waals surface area contributed by atoms with Crippen LogP contribution in [0.2, 0.25) is 5.02 Å². The lowest BCUT2D eigenvalue weighted by atomic mass is 10.1. The first kappa shape index (κ1) is 25.9. The van der Waals surface area contributed by atoms with Crippen LogP contribution >= 0.6 is 11.6 Å². The van der Waals surface area contributed by atoms with Crippen LogP contribution in [-0.2, 0) is 4.79 Å². The average molecular weight is 560 g/mol. The van der Waals surface area contributed by atoms with Gasteiger partial charge in [0.05, 0.1) is 43.6 Å². The van der Waals surface area contributed by atoms with Crippen LogP contribution in [0.1, 0.15) is 32.4 Å². The predicted octanol–water partition coefficient (Wildman–Crippen LogP) is 4.97. The van der Waals surface area contributed by atoms with Gasteiger partial charge in [-0.2, -0.15) is 0 Å². The zero-order chi connectivity index (χ0) is 28.3. The van der Waals surface area contributed by atoms with E-state index in [4.69, 9.17) is 21.6 Å². The minimum absolute atomic E-state index is 0.0531. The SMILES string of the molecule is C=CC(=O)N1CCN(c2[nH]c(=O)n3c4nc(c(Cl)cc24)c2c(F)cccc2nc2ccnc(C(C)C)c23)C[C@H]1C. The lowest BCUT2D eigenvalue weighted by molar-refractivity contribution is -0.128. The van der Waals surface area contributed by atoms with Crippen molar-refractivity contribution in [1.29, 1.82) is 0 Å². The molecule has 5 heterocycles. The van der Waals surface area contributed by atoms with Crippen LogP contribution in [0.15, 0.2) is 54.0 Å². The molecule has 1 N–H and O–H groups in total. The van der Waals surface area contributed by atoms with E-state index in [0.717, 1.165) is 0 Å². The van der Waals surface area contributed by atoms with Gasteiger partial charge in [0, 0.05) is 31.9 Å². The number of benzene rings is 1. The number of pyridine rings is 2. The smallest absolute Gasteiger partial charge is 0.333 e. The molecule has 0 spiro atoms. The van der Waals surface area contributed by atoms with Crippen molar-refractivity contribution in [2.75, 3.05) is 24.5 Å². The van der Waals surface area contributed by atoms with Crippen molar-refractivity contribution in [3.05, 3.63) is 76.2 Å². The molecule has 1 aliphatic rings. The molecule has 0 radical (unpaired) electrons. The molecule has 1 aliphatic heterocycles. The minimum Gasteiger partial charge on any atom is -0.354 e. The monoisotopic (exact) mass is 559 g/mol. The number of carbonyl (C=O) groups excluding carboxylic acids is 1. The number of halogens is 2. The summed E-state index contributed by atoms with van der Waals surface area (Å²) in [5, 5.41) is 0.952. The summed E-state index contributed by atoms with van der Waals surface area (Å²) in [5.41, 5.74) is 1.98. The lowest BCUT2D eigenvalue weighted by Gasteiger charge is -2.40. The Morgan fingerprint density at radius 3 is 2.75 bits per heavy atom. The predicted molar refractivity (Wildman–Crippen MR) is 155 cm³/mol. The zero-order valence-corrected chi connectivity index (χ0v) is 23.0. The molecule has 0 aliphatic carbocycles. The maximum Gasteiger partial charge on any atom is 0.333 e. The first-order valence-corrected chi connectivity index (χ1v) is 13.4. The molecule has 1 saturated heterocycles. The Hall–Kier alpha value is -4.31. The first-order valence-electron chi connectivity index (χ1n) is 13.1. The van der Waals surface area contributed by atoms with E-state index in [1.807, 2.05) is 25.7 Å². The van der Waals surface area contributed by atoms with Crippen molar-refractivity contribution in [2.45, 2.75) is 32.7 Å². The van der Waals surface area contributed by atoms with E-state index in [0.29, 0.717) is 58.7 Å². The molecule has 40 heavy (non-hydrogen) atoms. The van der Waals surface area contributed by atoms with Gasteiger partial charge in [0.2, 0.25) is 5.91 Å².